The third kappa shape index (κ3) is 2.84. The van der Waals surface area contributed by atoms with Gasteiger partial charge >= 0.3 is 5.97 Å². The van der Waals surface area contributed by atoms with Crippen molar-refractivity contribution in [1.29, 1.82) is 0 Å². The van der Waals surface area contributed by atoms with E-state index in [0.717, 1.165) is 22.5 Å². The lowest BCUT2D eigenvalue weighted by molar-refractivity contribution is -0.136. The predicted octanol–water partition coefficient (Wildman–Crippen LogP) is 4.06. The Kier molecular flexibility index (Phi) is 3.90. The molecule has 2 heterocycles. The van der Waals surface area contributed by atoms with E-state index in [1.165, 1.54) is 5.56 Å². The lowest BCUT2D eigenvalue weighted by Crippen LogP contribution is -2.04. The van der Waals surface area contributed by atoms with Crippen molar-refractivity contribution in [1.82, 2.24) is 9.38 Å². The number of nitrogens with zero attached hydrogens (tertiary/aromatic N) is 2. The van der Waals surface area contributed by atoms with E-state index in [9.17, 15) is 9.90 Å². The maximum atomic E-state index is 11.3. The van der Waals surface area contributed by atoms with Gasteiger partial charge in [0.25, 0.3) is 0 Å². The molecule has 0 saturated heterocycles. The van der Waals surface area contributed by atoms with Crippen LogP contribution < -0.4 is 0 Å². The van der Waals surface area contributed by atoms with Gasteiger partial charge in [-0.05, 0) is 30.0 Å². The van der Waals surface area contributed by atoms with Crippen LogP contribution in [-0.2, 0) is 11.2 Å². The number of hydrogen-bond donors (Lipinski definition) is 1. The van der Waals surface area contributed by atoms with E-state index in [1.54, 1.807) is 0 Å². The second-order valence-electron chi connectivity index (χ2n) is 6.14. The highest BCUT2D eigenvalue weighted by Crippen LogP contribution is 2.27. The Morgan fingerprint density at radius 2 is 1.91 bits per heavy atom. The molecule has 1 N–H and O–H groups in total. The molecule has 0 amide bonds. The van der Waals surface area contributed by atoms with Gasteiger partial charge in [-0.25, -0.2) is 4.98 Å². The van der Waals surface area contributed by atoms with Crippen LogP contribution >= 0.6 is 0 Å². The number of aryl methyl sites for hydroxylation is 1. The molecule has 0 aliphatic heterocycles. The summed E-state index contributed by atoms with van der Waals surface area (Å²) in [5, 5.41) is 9.26. The molecule has 0 saturated carbocycles. The van der Waals surface area contributed by atoms with Crippen LogP contribution in [0.1, 0.15) is 36.6 Å². The molecule has 0 bridgehead atoms. The number of carboxylic acid groups (broad SMARTS) is 1. The second-order valence-corrected chi connectivity index (χ2v) is 6.14. The summed E-state index contributed by atoms with van der Waals surface area (Å²) in [5.74, 6) is -0.390. The molecular formula is C19H20N2O2. The second kappa shape index (κ2) is 5.88. The standard InChI is InChI=1S/C19H20N2O2/c1-12(2)14-6-8-15(9-7-14)18-16(11-17(22)23)21-10-4-5-13(3)19(21)20-18/h4-10,12H,11H2,1-3H3,(H,22,23). The highest BCUT2D eigenvalue weighted by molar-refractivity contribution is 5.76. The van der Waals surface area contributed by atoms with Crippen LogP contribution in [0.4, 0.5) is 0 Å². The van der Waals surface area contributed by atoms with Gasteiger partial charge in [0, 0.05) is 11.8 Å². The summed E-state index contributed by atoms with van der Waals surface area (Å²) < 4.78 is 1.88. The topological polar surface area (TPSA) is 54.6 Å². The zero-order chi connectivity index (χ0) is 16.6. The number of imidazole rings is 1. The van der Waals surface area contributed by atoms with E-state index in [2.05, 4.69) is 26.0 Å². The Labute approximate surface area is 135 Å². The number of rotatable bonds is 4. The van der Waals surface area contributed by atoms with Gasteiger partial charge in [0.1, 0.15) is 5.65 Å². The Bertz CT molecular complexity index is 861. The van der Waals surface area contributed by atoms with Gasteiger partial charge in [-0.1, -0.05) is 44.2 Å². The number of carbonyl (C=O) groups is 1. The van der Waals surface area contributed by atoms with Crippen LogP contribution in [-0.4, -0.2) is 20.5 Å². The van der Waals surface area contributed by atoms with Crippen molar-refractivity contribution < 1.29 is 9.90 Å². The first-order chi connectivity index (χ1) is 11.0. The summed E-state index contributed by atoms with van der Waals surface area (Å²) in [5.41, 5.74) is 5.52. The normalized spacial score (nSPS) is 11.3. The summed E-state index contributed by atoms with van der Waals surface area (Å²) in [7, 11) is 0. The predicted molar refractivity (Wildman–Crippen MR) is 90.8 cm³/mol. The van der Waals surface area contributed by atoms with E-state index in [1.807, 2.05) is 41.8 Å². The smallest absolute Gasteiger partial charge is 0.309 e. The largest absolute Gasteiger partial charge is 0.481 e. The minimum Gasteiger partial charge on any atom is -0.481 e. The fraction of sp³-hybridized carbons (Fsp3) is 0.263. The van der Waals surface area contributed by atoms with Crippen molar-refractivity contribution in [2.24, 2.45) is 0 Å². The average molecular weight is 308 g/mol. The van der Waals surface area contributed by atoms with Crippen molar-refractivity contribution in [2.45, 2.75) is 33.1 Å². The van der Waals surface area contributed by atoms with Gasteiger partial charge in [-0.2, -0.15) is 0 Å². The Morgan fingerprint density at radius 1 is 1.22 bits per heavy atom. The monoisotopic (exact) mass is 308 g/mol. The van der Waals surface area contributed by atoms with Crippen molar-refractivity contribution in [2.75, 3.05) is 0 Å². The maximum Gasteiger partial charge on any atom is 0.309 e. The molecule has 0 unspecified atom stereocenters. The fourth-order valence-corrected chi connectivity index (χ4v) is 2.82. The number of hydrogen-bond acceptors (Lipinski definition) is 2. The first-order valence-corrected chi connectivity index (χ1v) is 7.76. The molecule has 23 heavy (non-hydrogen) atoms. The van der Waals surface area contributed by atoms with Gasteiger partial charge in [-0.15, -0.1) is 0 Å². The molecular weight excluding hydrogens is 288 g/mol. The molecule has 4 heteroatoms. The number of pyridine rings is 1. The first kappa shape index (κ1) is 15.3. The lowest BCUT2D eigenvalue weighted by atomic mass is 10.00. The molecule has 0 atom stereocenters. The van der Waals surface area contributed by atoms with Crippen molar-refractivity contribution in [3.8, 4) is 11.3 Å². The minimum atomic E-state index is -0.853. The molecule has 0 aliphatic rings. The number of carboxylic acids is 1. The fourth-order valence-electron chi connectivity index (χ4n) is 2.82. The number of aromatic nitrogens is 2. The van der Waals surface area contributed by atoms with Crippen LogP contribution in [0.25, 0.3) is 16.9 Å². The molecule has 0 radical (unpaired) electrons. The highest BCUT2D eigenvalue weighted by atomic mass is 16.4. The van der Waals surface area contributed by atoms with E-state index < -0.39 is 5.97 Å². The summed E-state index contributed by atoms with van der Waals surface area (Å²) in [6, 6.07) is 12.1. The zero-order valence-electron chi connectivity index (χ0n) is 13.6. The molecule has 0 spiro atoms. The summed E-state index contributed by atoms with van der Waals surface area (Å²) in [6.45, 7) is 6.29. The van der Waals surface area contributed by atoms with Gasteiger partial charge in [-0.3, -0.25) is 4.79 Å². The molecule has 118 valence electrons. The van der Waals surface area contributed by atoms with Crippen LogP contribution in [0.15, 0.2) is 42.6 Å². The average Bonchev–Trinajstić information content (AvgIpc) is 2.87. The molecule has 4 nitrogen and oxygen atoms in total. The van der Waals surface area contributed by atoms with Crippen molar-refractivity contribution in [3.63, 3.8) is 0 Å². The molecule has 2 aromatic heterocycles. The van der Waals surface area contributed by atoms with Gasteiger partial charge in [0.15, 0.2) is 0 Å². The number of fused-ring (bicyclic) bond motifs is 1. The summed E-state index contributed by atoms with van der Waals surface area (Å²) in [4.78, 5) is 16.0. The van der Waals surface area contributed by atoms with E-state index in [4.69, 9.17) is 4.98 Å². The van der Waals surface area contributed by atoms with E-state index >= 15 is 0 Å². The van der Waals surface area contributed by atoms with Crippen molar-refractivity contribution >= 4 is 11.6 Å². The highest BCUT2D eigenvalue weighted by Gasteiger charge is 2.17. The third-order valence-electron chi connectivity index (χ3n) is 4.11. The zero-order valence-corrected chi connectivity index (χ0v) is 13.6. The van der Waals surface area contributed by atoms with Crippen LogP contribution in [0, 0.1) is 6.92 Å². The van der Waals surface area contributed by atoms with E-state index in [0.29, 0.717) is 11.6 Å². The van der Waals surface area contributed by atoms with E-state index in [-0.39, 0.29) is 6.42 Å². The molecule has 0 aliphatic carbocycles. The van der Waals surface area contributed by atoms with Crippen LogP contribution in [0.3, 0.4) is 0 Å². The SMILES string of the molecule is Cc1cccn2c(CC(=O)O)c(-c3ccc(C(C)C)cc3)nc12. The first-order valence-electron chi connectivity index (χ1n) is 7.76. The Morgan fingerprint density at radius 3 is 2.52 bits per heavy atom. The van der Waals surface area contributed by atoms with Gasteiger partial charge in [0.05, 0.1) is 17.8 Å². The third-order valence-corrected chi connectivity index (χ3v) is 4.11. The maximum absolute atomic E-state index is 11.3. The Balaban J connectivity index is 2.19. The minimum absolute atomic E-state index is 0.0497. The molecule has 3 rings (SSSR count). The van der Waals surface area contributed by atoms with Crippen LogP contribution in [0.2, 0.25) is 0 Å². The Hall–Kier alpha value is -2.62. The van der Waals surface area contributed by atoms with Crippen molar-refractivity contribution in [3.05, 3.63) is 59.4 Å². The van der Waals surface area contributed by atoms with Crippen LogP contribution in [0.5, 0.6) is 0 Å². The molecule has 0 fully saturated rings. The van der Waals surface area contributed by atoms with Gasteiger partial charge < -0.3 is 9.51 Å². The quantitative estimate of drug-likeness (QED) is 0.790. The van der Waals surface area contributed by atoms with Gasteiger partial charge in [0.2, 0.25) is 0 Å². The molecule has 1 aromatic carbocycles. The summed E-state index contributed by atoms with van der Waals surface area (Å²) in [6.07, 6.45) is 1.82. The summed E-state index contributed by atoms with van der Waals surface area (Å²) >= 11 is 0. The number of aliphatic carboxylic acids is 1. The molecule has 3 aromatic rings. The lowest BCUT2D eigenvalue weighted by Gasteiger charge is -2.07. The number of benzene rings is 1.